The molecule has 4 nitrogen and oxygen atoms in total. The van der Waals surface area contributed by atoms with Crippen LogP contribution in [0.5, 0.6) is 0 Å². The monoisotopic (exact) mass is 278 g/mol. The molecular formula is C17H18N4. The molecule has 0 amide bonds. The van der Waals surface area contributed by atoms with Crippen molar-refractivity contribution in [2.24, 2.45) is 7.05 Å². The summed E-state index contributed by atoms with van der Waals surface area (Å²) in [7, 11) is 2.00. The highest BCUT2D eigenvalue weighted by Gasteiger charge is 2.04. The third-order valence-electron chi connectivity index (χ3n) is 3.42. The van der Waals surface area contributed by atoms with E-state index in [2.05, 4.69) is 52.5 Å². The van der Waals surface area contributed by atoms with Crippen LogP contribution >= 0.6 is 0 Å². The normalized spacial score (nSPS) is 11.3. The molecule has 1 aromatic carbocycles. The van der Waals surface area contributed by atoms with Gasteiger partial charge >= 0.3 is 0 Å². The number of anilines is 1. The van der Waals surface area contributed by atoms with E-state index in [0.717, 1.165) is 34.3 Å². The standard InChI is InChI=1S/C17H18N4/c1-3-4-7-19-17-9-15-8-13(5-6-14(15)10-20-17)16-11-18-12-21(16)2/h4-12H,3H2,1-2H3,(H,19,20)/b7-4+. The fraction of sp³-hybridized carbons (Fsp3) is 0.176. The summed E-state index contributed by atoms with van der Waals surface area (Å²) in [5.41, 5.74) is 2.26. The van der Waals surface area contributed by atoms with Crippen LogP contribution in [-0.4, -0.2) is 14.5 Å². The Balaban J connectivity index is 1.99. The summed E-state index contributed by atoms with van der Waals surface area (Å²) in [5, 5.41) is 5.49. The molecule has 0 saturated heterocycles. The highest BCUT2D eigenvalue weighted by atomic mass is 15.0. The molecule has 0 atom stereocenters. The van der Waals surface area contributed by atoms with Crippen LogP contribution in [-0.2, 0) is 7.05 Å². The molecule has 0 aliphatic rings. The highest BCUT2D eigenvalue weighted by Crippen LogP contribution is 2.24. The van der Waals surface area contributed by atoms with Crippen molar-refractivity contribution in [2.45, 2.75) is 13.3 Å². The van der Waals surface area contributed by atoms with Crippen molar-refractivity contribution in [3.8, 4) is 11.3 Å². The lowest BCUT2D eigenvalue weighted by Gasteiger charge is -2.06. The third-order valence-corrected chi connectivity index (χ3v) is 3.42. The van der Waals surface area contributed by atoms with Crippen LogP contribution in [0.4, 0.5) is 5.82 Å². The maximum atomic E-state index is 4.41. The second kappa shape index (κ2) is 5.79. The molecule has 3 rings (SSSR count). The molecule has 0 saturated carbocycles. The van der Waals surface area contributed by atoms with Gasteiger partial charge in [0.2, 0.25) is 0 Å². The predicted molar refractivity (Wildman–Crippen MR) is 87.0 cm³/mol. The zero-order chi connectivity index (χ0) is 14.7. The molecule has 0 spiro atoms. The van der Waals surface area contributed by atoms with Crippen molar-refractivity contribution in [1.82, 2.24) is 14.5 Å². The third kappa shape index (κ3) is 2.79. The van der Waals surface area contributed by atoms with Crippen LogP contribution < -0.4 is 5.32 Å². The Morgan fingerprint density at radius 1 is 1.19 bits per heavy atom. The van der Waals surface area contributed by atoms with Crippen LogP contribution in [0.2, 0.25) is 0 Å². The summed E-state index contributed by atoms with van der Waals surface area (Å²) < 4.78 is 2.02. The lowest BCUT2D eigenvalue weighted by atomic mass is 10.1. The highest BCUT2D eigenvalue weighted by molar-refractivity contribution is 5.88. The molecule has 3 aromatic rings. The largest absolute Gasteiger partial charge is 0.347 e. The van der Waals surface area contributed by atoms with E-state index in [-0.39, 0.29) is 0 Å². The Morgan fingerprint density at radius 3 is 2.86 bits per heavy atom. The smallest absolute Gasteiger partial charge is 0.130 e. The molecule has 0 bridgehead atoms. The number of rotatable bonds is 4. The second-order valence-corrected chi connectivity index (χ2v) is 4.98. The number of nitrogens with zero attached hydrogens (tertiary/aromatic N) is 3. The first-order valence-corrected chi connectivity index (χ1v) is 7.06. The zero-order valence-electron chi connectivity index (χ0n) is 12.2. The summed E-state index contributed by atoms with van der Waals surface area (Å²) in [5.74, 6) is 0.856. The van der Waals surface area contributed by atoms with E-state index in [1.807, 2.05) is 36.5 Å². The Bertz CT molecular complexity index is 786. The van der Waals surface area contributed by atoms with Gasteiger partial charge in [-0.25, -0.2) is 9.97 Å². The fourth-order valence-corrected chi connectivity index (χ4v) is 2.28. The molecule has 0 fully saturated rings. The summed E-state index contributed by atoms with van der Waals surface area (Å²) >= 11 is 0. The summed E-state index contributed by atoms with van der Waals surface area (Å²) in [4.78, 5) is 8.58. The van der Waals surface area contributed by atoms with Crippen molar-refractivity contribution >= 4 is 16.6 Å². The van der Waals surface area contributed by atoms with Gasteiger partial charge in [-0.3, -0.25) is 0 Å². The van der Waals surface area contributed by atoms with Gasteiger partial charge in [-0.2, -0.15) is 0 Å². The molecule has 0 unspecified atom stereocenters. The second-order valence-electron chi connectivity index (χ2n) is 4.98. The molecule has 106 valence electrons. The van der Waals surface area contributed by atoms with E-state index in [9.17, 15) is 0 Å². The lowest BCUT2D eigenvalue weighted by molar-refractivity contribution is 0.921. The van der Waals surface area contributed by atoms with Gasteiger partial charge in [-0.1, -0.05) is 25.1 Å². The maximum Gasteiger partial charge on any atom is 0.130 e. The van der Waals surface area contributed by atoms with E-state index in [4.69, 9.17) is 0 Å². The number of imidazole rings is 1. The Kier molecular flexibility index (Phi) is 3.69. The topological polar surface area (TPSA) is 42.7 Å². The average Bonchev–Trinajstić information content (AvgIpc) is 2.93. The molecule has 1 N–H and O–H groups in total. The number of allylic oxidation sites excluding steroid dienone is 1. The van der Waals surface area contributed by atoms with E-state index in [1.54, 1.807) is 0 Å². The first-order valence-electron chi connectivity index (χ1n) is 7.06. The van der Waals surface area contributed by atoms with E-state index in [1.165, 1.54) is 0 Å². The van der Waals surface area contributed by atoms with Crippen molar-refractivity contribution in [3.05, 3.63) is 55.3 Å². The van der Waals surface area contributed by atoms with Gasteiger partial charge in [0.25, 0.3) is 0 Å². The molecule has 0 aliphatic carbocycles. The number of fused-ring (bicyclic) bond motifs is 1. The minimum Gasteiger partial charge on any atom is -0.347 e. The quantitative estimate of drug-likeness (QED) is 0.785. The summed E-state index contributed by atoms with van der Waals surface area (Å²) in [6.07, 6.45) is 10.6. The number of benzene rings is 1. The number of aromatic nitrogens is 3. The van der Waals surface area contributed by atoms with Crippen LogP contribution in [0.25, 0.3) is 22.0 Å². The SMILES string of the molecule is CC/C=C/Nc1cc2cc(-c3cncn3C)ccc2cn1. The van der Waals surface area contributed by atoms with Gasteiger partial charge in [0, 0.05) is 24.2 Å². The first-order chi connectivity index (χ1) is 10.3. The van der Waals surface area contributed by atoms with Crippen LogP contribution in [0.3, 0.4) is 0 Å². The Morgan fingerprint density at radius 2 is 2.10 bits per heavy atom. The Labute approximate surface area is 124 Å². The molecule has 2 heterocycles. The molecule has 4 heteroatoms. The van der Waals surface area contributed by atoms with Crippen LogP contribution in [0.15, 0.2) is 55.3 Å². The van der Waals surface area contributed by atoms with Gasteiger partial charge < -0.3 is 9.88 Å². The first kappa shape index (κ1) is 13.4. The van der Waals surface area contributed by atoms with Crippen LogP contribution in [0.1, 0.15) is 13.3 Å². The number of hydrogen-bond donors (Lipinski definition) is 1. The number of pyridine rings is 1. The van der Waals surface area contributed by atoms with Gasteiger partial charge in [-0.15, -0.1) is 0 Å². The summed E-state index contributed by atoms with van der Waals surface area (Å²) in [6, 6.07) is 8.43. The van der Waals surface area contributed by atoms with Crippen molar-refractivity contribution in [3.63, 3.8) is 0 Å². The summed E-state index contributed by atoms with van der Waals surface area (Å²) in [6.45, 7) is 2.10. The van der Waals surface area contributed by atoms with Gasteiger partial charge in [0.15, 0.2) is 0 Å². The zero-order valence-corrected chi connectivity index (χ0v) is 12.2. The van der Waals surface area contributed by atoms with E-state index < -0.39 is 0 Å². The number of nitrogens with one attached hydrogen (secondary N) is 1. The predicted octanol–water partition coefficient (Wildman–Crippen LogP) is 3.97. The number of aryl methyl sites for hydroxylation is 1. The van der Waals surface area contributed by atoms with Gasteiger partial charge in [-0.05, 0) is 30.1 Å². The maximum absolute atomic E-state index is 4.41. The molecular weight excluding hydrogens is 260 g/mol. The van der Waals surface area contributed by atoms with Crippen molar-refractivity contribution in [1.29, 1.82) is 0 Å². The van der Waals surface area contributed by atoms with Crippen molar-refractivity contribution < 1.29 is 0 Å². The molecule has 0 aliphatic heterocycles. The average molecular weight is 278 g/mol. The molecule has 0 radical (unpaired) electrons. The van der Waals surface area contributed by atoms with Crippen molar-refractivity contribution in [2.75, 3.05) is 5.32 Å². The van der Waals surface area contributed by atoms with Gasteiger partial charge in [0.1, 0.15) is 5.82 Å². The van der Waals surface area contributed by atoms with Gasteiger partial charge in [0.05, 0.1) is 18.2 Å². The number of hydrogen-bond acceptors (Lipinski definition) is 3. The molecule has 2 aromatic heterocycles. The van der Waals surface area contributed by atoms with E-state index >= 15 is 0 Å². The van der Waals surface area contributed by atoms with Crippen LogP contribution in [0, 0.1) is 0 Å². The fourth-order valence-electron chi connectivity index (χ4n) is 2.28. The minimum absolute atomic E-state index is 0.856. The lowest BCUT2D eigenvalue weighted by Crippen LogP contribution is -1.92. The Hall–Kier alpha value is -2.62. The molecule has 21 heavy (non-hydrogen) atoms. The van der Waals surface area contributed by atoms with E-state index in [0.29, 0.717) is 0 Å². The minimum atomic E-state index is 0.856.